The minimum Gasteiger partial charge on any atom is -0.444 e. The first kappa shape index (κ1) is 27.7. The standard InChI is InChI=1S/C27H43N3O4/c1-16(2)14-21(29-26(33)34-27(7,8)9)25(32)30(22-15-19(22)6)23(24(31)28-17(3)4)20-12-10-18(5)11-13-20/h10-13,16-17,19,21-23H,14-15H2,1-9H3,(H,28,31)(H,29,33). The third-order valence-electron chi connectivity index (χ3n) is 5.73. The van der Waals surface area contributed by atoms with E-state index in [0.717, 1.165) is 17.5 Å². The van der Waals surface area contributed by atoms with E-state index in [9.17, 15) is 14.4 Å². The number of aryl methyl sites for hydroxylation is 1. The third-order valence-corrected chi connectivity index (χ3v) is 5.73. The molecule has 0 aromatic heterocycles. The van der Waals surface area contributed by atoms with Crippen molar-refractivity contribution in [2.45, 2.75) is 105 Å². The van der Waals surface area contributed by atoms with Crippen molar-refractivity contribution in [2.75, 3.05) is 0 Å². The van der Waals surface area contributed by atoms with Gasteiger partial charge in [-0.05, 0) is 71.8 Å². The van der Waals surface area contributed by atoms with Crippen LogP contribution in [0.5, 0.6) is 0 Å². The van der Waals surface area contributed by atoms with Crippen molar-refractivity contribution >= 4 is 17.9 Å². The summed E-state index contributed by atoms with van der Waals surface area (Å²) in [4.78, 5) is 41.8. The number of hydrogen-bond acceptors (Lipinski definition) is 4. The molecule has 34 heavy (non-hydrogen) atoms. The van der Waals surface area contributed by atoms with Crippen LogP contribution in [0.3, 0.4) is 0 Å². The highest BCUT2D eigenvalue weighted by molar-refractivity contribution is 5.92. The molecule has 3 amide bonds. The molecule has 0 heterocycles. The van der Waals surface area contributed by atoms with E-state index in [1.807, 2.05) is 58.9 Å². The average Bonchev–Trinajstić information content (AvgIpc) is 3.39. The highest BCUT2D eigenvalue weighted by atomic mass is 16.6. The molecule has 2 N–H and O–H groups in total. The Morgan fingerprint density at radius 2 is 1.62 bits per heavy atom. The Labute approximate surface area is 205 Å². The molecular weight excluding hydrogens is 430 g/mol. The molecule has 0 bridgehead atoms. The maximum absolute atomic E-state index is 14.1. The molecule has 4 unspecified atom stereocenters. The van der Waals surface area contributed by atoms with Crippen LogP contribution in [0.4, 0.5) is 4.79 Å². The van der Waals surface area contributed by atoms with Crippen LogP contribution in [0.2, 0.25) is 0 Å². The molecule has 0 aliphatic heterocycles. The molecule has 4 atom stereocenters. The first-order valence-corrected chi connectivity index (χ1v) is 12.4. The zero-order chi connectivity index (χ0) is 25.8. The lowest BCUT2D eigenvalue weighted by Gasteiger charge is -2.36. The van der Waals surface area contributed by atoms with Crippen LogP contribution in [-0.2, 0) is 14.3 Å². The van der Waals surface area contributed by atoms with E-state index >= 15 is 0 Å². The summed E-state index contributed by atoms with van der Waals surface area (Å²) in [6.07, 6.45) is 0.639. The fraction of sp³-hybridized carbons (Fsp3) is 0.667. The highest BCUT2D eigenvalue weighted by Crippen LogP contribution is 2.41. The van der Waals surface area contributed by atoms with E-state index in [-0.39, 0.29) is 35.7 Å². The van der Waals surface area contributed by atoms with Crippen molar-refractivity contribution < 1.29 is 19.1 Å². The Kier molecular flexibility index (Phi) is 9.15. The first-order chi connectivity index (χ1) is 15.7. The number of carbonyl (C=O) groups is 3. The van der Waals surface area contributed by atoms with Crippen LogP contribution in [0.15, 0.2) is 24.3 Å². The number of rotatable bonds is 9. The summed E-state index contributed by atoms with van der Waals surface area (Å²) in [7, 11) is 0. The molecule has 2 rings (SSSR count). The topological polar surface area (TPSA) is 87.7 Å². The Balaban J connectivity index is 2.46. The van der Waals surface area contributed by atoms with Gasteiger partial charge < -0.3 is 20.3 Å². The summed E-state index contributed by atoms with van der Waals surface area (Å²) in [5.74, 6) is -0.0279. The Morgan fingerprint density at radius 1 is 1.06 bits per heavy atom. The number of alkyl carbamates (subject to hydrolysis) is 1. The highest BCUT2D eigenvalue weighted by Gasteiger charge is 2.48. The predicted octanol–water partition coefficient (Wildman–Crippen LogP) is 4.74. The number of amides is 3. The van der Waals surface area contributed by atoms with Crippen LogP contribution in [-0.4, -0.2) is 46.5 Å². The monoisotopic (exact) mass is 473 g/mol. The summed E-state index contributed by atoms with van der Waals surface area (Å²) in [6, 6.07) is 6.02. The smallest absolute Gasteiger partial charge is 0.408 e. The molecule has 1 aliphatic carbocycles. The van der Waals surface area contributed by atoms with Gasteiger partial charge in [0.05, 0.1) is 0 Å². The van der Waals surface area contributed by atoms with Crippen molar-refractivity contribution in [3.8, 4) is 0 Å². The van der Waals surface area contributed by atoms with E-state index in [2.05, 4.69) is 17.6 Å². The quantitative estimate of drug-likeness (QED) is 0.542. The zero-order valence-corrected chi connectivity index (χ0v) is 22.3. The van der Waals surface area contributed by atoms with E-state index in [1.54, 1.807) is 25.7 Å². The Morgan fingerprint density at radius 3 is 2.06 bits per heavy atom. The normalized spacial score (nSPS) is 19.4. The molecule has 1 aromatic rings. The van der Waals surface area contributed by atoms with Crippen molar-refractivity contribution in [3.63, 3.8) is 0 Å². The minimum atomic E-state index is -0.789. The molecule has 0 saturated heterocycles. The molecule has 0 spiro atoms. The summed E-state index contributed by atoms with van der Waals surface area (Å²) in [5, 5.41) is 5.79. The van der Waals surface area contributed by atoms with Crippen molar-refractivity contribution in [3.05, 3.63) is 35.4 Å². The maximum Gasteiger partial charge on any atom is 0.408 e. The van der Waals surface area contributed by atoms with Crippen LogP contribution in [0.1, 0.15) is 85.4 Å². The van der Waals surface area contributed by atoms with Gasteiger partial charge in [0.25, 0.3) is 0 Å². The number of nitrogens with zero attached hydrogens (tertiary/aromatic N) is 1. The zero-order valence-electron chi connectivity index (χ0n) is 22.3. The Hall–Kier alpha value is -2.57. The van der Waals surface area contributed by atoms with Gasteiger partial charge in [0.15, 0.2) is 0 Å². The summed E-state index contributed by atoms with van der Waals surface area (Å²) >= 11 is 0. The van der Waals surface area contributed by atoms with Crippen molar-refractivity contribution in [2.24, 2.45) is 11.8 Å². The molecular formula is C27H43N3O4. The van der Waals surface area contributed by atoms with Gasteiger partial charge in [-0.2, -0.15) is 0 Å². The second-order valence-electron chi connectivity index (χ2n) is 11.3. The largest absolute Gasteiger partial charge is 0.444 e. The fourth-order valence-electron chi connectivity index (χ4n) is 4.05. The van der Waals surface area contributed by atoms with E-state index < -0.39 is 23.8 Å². The lowest BCUT2D eigenvalue weighted by Crippen LogP contribution is -2.54. The second-order valence-corrected chi connectivity index (χ2v) is 11.3. The summed E-state index contributed by atoms with van der Waals surface area (Å²) in [5.41, 5.74) is 1.16. The molecule has 1 saturated carbocycles. The van der Waals surface area contributed by atoms with Gasteiger partial charge in [-0.25, -0.2) is 4.79 Å². The fourth-order valence-corrected chi connectivity index (χ4v) is 4.05. The summed E-state index contributed by atoms with van der Waals surface area (Å²) < 4.78 is 5.44. The van der Waals surface area contributed by atoms with Crippen LogP contribution in [0, 0.1) is 18.8 Å². The van der Waals surface area contributed by atoms with Gasteiger partial charge >= 0.3 is 6.09 Å². The summed E-state index contributed by atoms with van der Waals surface area (Å²) in [6.45, 7) is 17.2. The first-order valence-electron chi connectivity index (χ1n) is 12.4. The molecule has 1 fully saturated rings. The number of carbonyl (C=O) groups excluding carboxylic acids is 3. The molecule has 1 aromatic carbocycles. The number of hydrogen-bond donors (Lipinski definition) is 2. The van der Waals surface area contributed by atoms with Gasteiger partial charge in [-0.3, -0.25) is 9.59 Å². The number of benzene rings is 1. The van der Waals surface area contributed by atoms with Crippen LogP contribution < -0.4 is 10.6 Å². The number of nitrogens with one attached hydrogen (secondary N) is 2. The van der Waals surface area contributed by atoms with Crippen molar-refractivity contribution in [1.82, 2.24) is 15.5 Å². The van der Waals surface area contributed by atoms with E-state index in [4.69, 9.17) is 4.74 Å². The van der Waals surface area contributed by atoms with Gasteiger partial charge in [0, 0.05) is 12.1 Å². The lowest BCUT2D eigenvalue weighted by atomic mass is 9.98. The molecule has 7 heteroatoms. The van der Waals surface area contributed by atoms with Crippen molar-refractivity contribution in [1.29, 1.82) is 0 Å². The van der Waals surface area contributed by atoms with E-state index in [0.29, 0.717) is 6.42 Å². The maximum atomic E-state index is 14.1. The van der Waals surface area contributed by atoms with Gasteiger partial charge in [-0.1, -0.05) is 50.6 Å². The molecule has 7 nitrogen and oxygen atoms in total. The van der Waals surface area contributed by atoms with Gasteiger partial charge in [0.2, 0.25) is 11.8 Å². The average molecular weight is 474 g/mol. The molecule has 0 radical (unpaired) electrons. The SMILES string of the molecule is Cc1ccc(C(C(=O)NC(C)C)N(C(=O)C(CC(C)C)NC(=O)OC(C)(C)C)C2CC2C)cc1. The van der Waals surface area contributed by atoms with Crippen LogP contribution >= 0.6 is 0 Å². The Bertz CT molecular complexity index is 858. The predicted molar refractivity (Wildman–Crippen MR) is 134 cm³/mol. The second kappa shape index (κ2) is 11.2. The lowest BCUT2D eigenvalue weighted by molar-refractivity contribution is -0.144. The van der Waals surface area contributed by atoms with Crippen LogP contribution in [0.25, 0.3) is 0 Å². The minimum absolute atomic E-state index is 0.0631. The number of ether oxygens (including phenoxy) is 1. The third kappa shape index (κ3) is 8.03. The molecule has 1 aliphatic rings. The van der Waals surface area contributed by atoms with Gasteiger partial charge in [-0.15, -0.1) is 0 Å². The molecule has 190 valence electrons. The van der Waals surface area contributed by atoms with E-state index in [1.165, 1.54) is 0 Å². The van der Waals surface area contributed by atoms with Gasteiger partial charge in [0.1, 0.15) is 17.7 Å².